The quantitative estimate of drug-likeness (QED) is 0.757. The fourth-order valence-electron chi connectivity index (χ4n) is 4.50. The first kappa shape index (κ1) is 17.6. The lowest BCUT2D eigenvalue weighted by Gasteiger charge is -2.34. The minimum absolute atomic E-state index is 0.538. The van der Waals surface area contributed by atoms with Crippen LogP contribution in [0.2, 0.25) is 0 Å². The average molecular weight is 377 g/mol. The third-order valence-electron chi connectivity index (χ3n) is 5.95. The fraction of sp³-hybridized carbons (Fsp3) is 0.455. The molecular weight excluding hydrogens is 350 g/mol. The summed E-state index contributed by atoms with van der Waals surface area (Å²) in [7, 11) is 0. The highest BCUT2D eigenvalue weighted by Crippen LogP contribution is 2.30. The normalized spacial score (nSPS) is 21.3. The van der Waals surface area contributed by atoms with Crippen molar-refractivity contribution in [2.75, 3.05) is 44.3 Å². The van der Waals surface area contributed by atoms with Crippen molar-refractivity contribution < 1.29 is 4.74 Å². The number of hydrogen-bond acceptors (Lipinski definition) is 5. The molecule has 2 aliphatic heterocycles. The van der Waals surface area contributed by atoms with E-state index in [9.17, 15) is 0 Å². The van der Waals surface area contributed by atoms with E-state index in [4.69, 9.17) is 9.72 Å². The van der Waals surface area contributed by atoms with Gasteiger partial charge in [0.2, 0.25) is 0 Å². The van der Waals surface area contributed by atoms with Gasteiger partial charge in [-0.2, -0.15) is 5.10 Å². The minimum Gasteiger partial charge on any atom is -0.378 e. The van der Waals surface area contributed by atoms with Crippen molar-refractivity contribution in [3.05, 3.63) is 53.9 Å². The van der Waals surface area contributed by atoms with Crippen molar-refractivity contribution in [1.82, 2.24) is 20.1 Å². The molecule has 1 N–H and O–H groups in total. The Morgan fingerprint density at radius 3 is 2.86 bits per heavy atom. The van der Waals surface area contributed by atoms with Gasteiger partial charge >= 0.3 is 0 Å². The zero-order valence-corrected chi connectivity index (χ0v) is 16.2. The van der Waals surface area contributed by atoms with Gasteiger partial charge < -0.3 is 9.64 Å². The van der Waals surface area contributed by atoms with E-state index in [1.807, 2.05) is 6.20 Å². The lowest BCUT2D eigenvalue weighted by atomic mass is 9.94. The summed E-state index contributed by atoms with van der Waals surface area (Å²) in [5.74, 6) is 1.67. The van der Waals surface area contributed by atoms with E-state index < -0.39 is 0 Å². The van der Waals surface area contributed by atoms with Gasteiger partial charge in [-0.15, -0.1) is 0 Å². The number of nitrogens with zero attached hydrogens (tertiary/aromatic N) is 4. The number of benzene rings is 1. The van der Waals surface area contributed by atoms with Crippen LogP contribution in [-0.4, -0.2) is 59.5 Å². The maximum absolute atomic E-state index is 5.56. The number of likely N-dealkylation sites (tertiary alicyclic amines) is 1. The molecule has 5 rings (SSSR count). The van der Waals surface area contributed by atoms with Gasteiger partial charge in [-0.25, -0.2) is 4.98 Å². The molecule has 6 heteroatoms. The number of aromatic nitrogens is 3. The highest BCUT2D eigenvalue weighted by Gasteiger charge is 2.24. The Bertz CT molecular complexity index is 920. The minimum atomic E-state index is 0.538. The van der Waals surface area contributed by atoms with Crippen LogP contribution < -0.4 is 4.90 Å². The molecule has 3 aromatic rings. The molecular formula is C22H27N5O. The van der Waals surface area contributed by atoms with Crippen LogP contribution in [0.5, 0.6) is 0 Å². The Morgan fingerprint density at radius 2 is 2.00 bits per heavy atom. The second kappa shape index (κ2) is 7.89. The predicted octanol–water partition coefficient (Wildman–Crippen LogP) is 3.17. The summed E-state index contributed by atoms with van der Waals surface area (Å²) >= 11 is 0. The Morgan fingerprint density at radius 1 is 1.11 bits per heavy atom. The summed E-state index contributed by atoms with van der Waals surface area (Å²) in [5.41, 5.74) is 3.65. The molecule has 146 valence electrons. The monoisotopic (exact) mass is 377 g/mol. The summed E-state index contributed by atoms with van der Waals surface area (Å²) < 4.78 is 5.56. The molecule has 0 spiro atoms. The first-order valence-electron chi connectivity index (χ1n) is 10.3. The van der Waals surface area contributed by atoms with Crippen molar-refractivity contribution in [2.45, 2.75) is 25.3 Å². The molecule has 0 bridgehead atoms. The van der Waals surface area contributed by atoms with Crippen molar-refractivity contribution in [3.8, 4) is 0 Å². The molecule has 0 saturated carbocycles. The van der Waals surface area contributed by atoms with Crippen LogP contribution in [0.15, 0.2) is 42.6 Å². The van der Waals surface area contributed by atoms with E-state index in [1.165, 1.54) is 29.5 Å². The number of ether oxygens (including phenoxy) is 1. The van der Waals surface area contributed by atoms with E-state index in [-0.39, 0.29) is 0 Å². The Balaban J connectivity index is 1.43. The number of piperidine rings is 1. The number of anilines is 1. The van der Waals surface area contributed by atoms with Gasteiger partial charge in [-0.05, 0) is 37.6 Å². The zero-order chi connectivity index (χ0) is 18.8. The first-order valence-corrected chi connectivity index (χ1v) is 10.3. The lowest BCUT2D eigenvalue weighted by molar-refractivity contribution is 0.122. The fourth-order valence-corrected chi connectivity index (χ4v) is 4.50. The molecule has 28 heavy (non-hydrogen) atoms. The third kappa shape index (κ3) is 3.62. The number of pyridine rings is 1. The average Bonchev–Trinajstić information content (AvgIpc) is 3.29. The van der Waals surface area contributed by atoms with E-state index in [1.54, 1.807) is 0 Å². The summed E-state index contributed by atoms with van der Waals surface area (Å²) in [6.07, 6.45) is 4.31. The van der Waals surface area contributed by atoms with Crippen LogP contribution in [-0.2, 0) is 11.3 Å². The van der Waals surface area contributed by atoms with E-state index in [0.29, 0.717) is 5.92 Å². The molecule has 2 aliphatic rings. The van der Waals surface area contributed by atoms with Crippen LogP contribution in [0.4, 0.5) is 5.82 Å². The number of para-hydroxylation sites is 1. The summed E-state index contributed by atoms with van der Waals surface area (Å²) in [6.45, 7) is 6.52. The molecule has 2 fully saturated rings. The predicted molar refractivity (Wildman–Crippen MR) is 111 cm³/mol. The molecule has 1 atom stereocenters. The molecule has 0 amide bonds. The molecule has 0 unspecified atom stereocenters. The van der Waals surface area contributed by atoms with E-state index in [2.05, 4.69) is 56.4 Å². The number of fused-ring (bicyclic) bond motifs is 1. The van der Waals surface area contributed by atoms with Crippen molar-refractivity contribution >= 4 is 16.7 Å². The van der Waals surface area contributed by atoms with Gasteiger partial charge in [0.1, 0.15) is 5.82 Å². The largest absolute Gasteiger partial charge is 0.378 e. The Kier molecular flexibility index (Phi) is 4.97. The SMILES string of the molecule is c1ccc2nc(N3CCOCC3)c(CN3CCC[C@H](c4ccn[nH]4)C3)cc2c1. The van der Waals surface area contributed by atoms with Crippen LogP contribution >= 0.6 is 0 Å². The molecule has 2 saturated heterocycles. The standard InChI is InChI=1S/C22H27N5O/c1-2-6-20-17(4-1)14-19(22(24-20)27-10-12-28-13-11-27)16-26-9-3-5-18(15-26)21-7-8-23-25-21/h1-2,4,6-8,14,18H,3,5,9-13,15-16H2,(H,23,25)/t18-/m0/s1. The molecule has 0 radical (unpaired) electrons. The van der Waals surface area contributed by atoms with E-state index >= 15 is 0 Å². The summed E-state index contributed by atoms with van der Waals surface area (Å²) in [4.78, 5) is 10.0. The third-order valence-corrected chi connectivity index (χ3v) is 5.95. The van der Waals surface area contributed by atoms with Gasteiger partial charge in [0.05, 0.1) is 18.7 Å². The van der Waals surface area contributed by atoms with Gasteiger partial charge in [0.15, 0.2) is 0 Å². The number of rotatable bonds is 4. The zero-order valence-electron chi connectivity index (χ0n) is 16.2. The van der Waals surface area contributed by atoms with Crippen molar-refractivity contribution in [3.63, 3.8) is 0 Å². The Labute approximate surface area is 165 Å². The maximum atomic E-state index is 5.56. The number of aromatic amines is 1. The van der Waals surface area contributed by atoms with Crippen LogP contribution in [0.25, 0.3) is 10.9 Å². The lowest BCUT2D eigenvalue weighted by Crippen LogP contribution is -2.39. The molecule has 0 aliphatic carbocycles. The second-order valence-electron chi connectivity index (χ2n) is 7.85. The van der Waals surface area contributed by atoms with Gasteiger partial charge in [-0.1, -0.05) is 18.2 Å². The number of H-pyrrole nitrogens is 1. The van der Waals surface area contributed by atoms with Gasteiger partial charge in [0.25, 0.3) is 0 Å². The molecule has 2 aromatic heterocycles. The highest BCUT2D eigenvalue weighted by atomic mass is 16.5. The first-order chi connectivity index (χ1) is 13.9. The highest BCUT2D eigenvalue weighted by molar-refractivity contribution is 5.81. The van der Waals surface area contributed by atoms with Crippen LogP contribution in [0.1, 0.15) is 30.0 Å². The Hall–Kier alpha value is -2.44. The van der Waals surface area contributed by atoms with Crippen molar-refractivity contribution in [1.29, 1.82) is 0 Å². The second-order valence-corrected chi connectivity index (χ2v) is 7.85. The van der Waals surface area contributed by atoms with Crippen LogP contribution in [0, 0.1) is 0 Å². The van der Waals surface area contributed by atoms with E-state index in [0.717, 1.165) is 57.3 Å². The van der Waals surface area contributed by atoms with Crippen LogP contribution in [0.3, 0.4) is 0 Å². The topological polar surface area (TPSA) is 57.3 Å². The van der Waals surface area contributed by atoms with Gasteiger partial charge in [0, 0.05) is 54.9 Å². The van der Waals surface area contributed by atoms with Crippen molar-refractivity contribution in [2.24, 2.45) is 0 Å². The number of hydrogen-bond donors (Lipinski definition) is 1. The summed E-state index contributed by atoms with van der Waals surface area (Å²) in [6, 6.07) is 12.9. The maximum Gasteiger partial charge on any atom is 0.133 e. The molecule has 6 nitrogen and oxygen atoms in total. The summed E-state index contributed by atoms with van der Waals surface area (Å²) in [5, 5.41) is 8.53. The number of morpholine rings is 1. The number of nitrogens with one attached hydrogen (secondary N) is 1. The van der Waals surface area contributed by atoms with Gasteiger partial charge in [-0.3, -0.25) is 10.00 Å². The molecule has 4 heterocycles. The smallest absolute Gasteiger partial charge is 0.133 e. The molecule has 1 aromatic carbocycles.